The second kappa shape index (κ2) is 7.14. The van der Waals surface area contributed by atoms with E-state index in [1.165, 1.54) is 0 Å². The summed E-state index contributed by atoms with van der Waals surface area (Å²) >= 11 is 0. The highest BCUT2D eigenvalue weighted by Crippen LogP contribution is 2.28. The lowest BCUT2D eigenvalue weighted by Gasteiger charge is -2.28. The molecule has 0 aromatic heterocycles. The normalized spacial score (nSPS) is 14.2. The first-order valence-corrected chi connectivity index (χ1v) is 7.56. The van der Waals surface area contributed by atoms with Gasteiger partial charge in [-0.15, -0.1) is 5.12 Å². The van der Waals surface area contributed by atoms with Gasteiger partial charge in [0.05, 0.1) is 25.0 Å². The number of nitrogens with zero attached hydrogens (tertiary/aromatic N) is 2. The number of aldehydes is 1. The number of hydrogen-bond donors (Lipinski definition) is 1. The summed E-state index contributed by atoms with van der Waals surface area (Å²) in [4.78, 5) is 11.3. The zero-order valence-electron chi connectivity index (χ0n) is 13.3. The molecule has 0 fully saturated rings. The van der Waals surface area contributed by atoms with Crippen LogP contribution in [-0.4, -0.2) is 31.7 Å². The molecule has 0 saturated carbocycles. The third-order valence-corrected chi connectivity index (χ3v) is 3.77. The minimum absolute atomic E-state index is 0.156. The third-order valence-electron chi connectivity index (χ3n) is 3.77. The van der Waals surface area contributed by atoms with Crippen LogP contribution in [0.5, 0.6) is 5.75 Å². The fourth-order valence-electron chi connectivity index (χ4n) is 2.56. The molecule has 0 atom stereocenters. The summed E-state index contributed by atoms with van der Waals surface area (Å²) in [5.74, 6) is 0.765. The number of anilines is 1. The predicted molar refractivity (Wildman–Crippen MR) is 91.1 cm³/mol. The molecule has 1 heterocycles. The minimum atomic E-state index is -0.517. The summed E-state index contributed by atoms with van der Waals surface area (Å²) in [6.45, 7) is -0.361. The molecule has 0 spiro atoms. The molecule has 0 amide bonds. The summed E-state index contributed by atoms with van der Waals surface area (Å²) in [6.07, 6.45) is 2.64. The van der Waals surface area contributed by atoms with Gasteiger partial charge >= 0.3 is 0 Å². The number of benzene rings is 2. The molecule has 5 nitrogen and oxygen atoms in total. The number of alkyl halides is 1. The van der Waals surface area contributed by atoms with Crippen LogP contribution in [0, 0.1) is 0 Å². The van der Waals surface area contributed by atoms with Gasteiger partial charge in [-0.05, 0) is 36.4 Å². The monoisotopic (exact) mass is 327 g/mol. The maximum absolute atomic E-state index is 12.9. The molecule has 2 aromatic carbocycles. The van der Waals surface area contributed by atoms with Crippen LogP contribution in [0.3, 0.4) is 0 Å². The number of hydrazine groups is 2. The molecule has 6 heteroatoms. The smallest absolute Gasteiger partial charge is 0.152 e. The third kappa shape index (κ3) is 3.09. The first-order valence-electron chi connectivity index (χ1n) is 7.56. The average Bonchev–Trinajstić information content (AvgIpc) is 3.06. The van der Waals surface area contributed by atoms with Crippen molar-refractivity contribution in [2.45, 2.75) is 0 Å². The van der Waals surface area contributed by atoms with Crippen LogP contribution in [-0.2, 0) is 0 Å². The number of halogens is 1. The summed E-state index contributed by atoms with van der Waals surface area (Å²) < 4.78 is 18.1. The van der Waals surface area contributed by atoms with E-state index >= 15 is 0 Å². The van der Waals surface area contributed by atoms with Crippen LogP contribution in [0.4, 0.5) is 10.1 Å². The first-order chi connectivity index (χ1) is 11.8. The summed E-state index contributed by atoms with van der Waals surface area (Å²) in [7, 11) is 1.61. The molecular formula is C18H18FN3O2. The SMILES string of the molecule is COc1ccc(C2=CN(c3ccccc3C=O)N(CCF)N2)cc1. The van der Waals surface area contributed by atoms with E-state index in [9.17, 15) is 9.18 Å². The predicted octanol–water partition coefficient (Wildman–Crippen LogP) is 3.02. The van der Waals surface area contributed by atoms with Crippen LogP contribution in [0.1, 0.15) is 15.9 Å². The molecule has 1 aliphatic heterocycles. The van der Waals surface area contributed by atoms with Gasteiger partial charge in [-0.1, -0.05) is 12.1 Å². The minimum Gasteiger partial charge on any atom is -0.497 e. The molecule has 0 aliphatic carbocycles. The van der Waals surface area contributed by atoms with Crippen molar-refractivity contribution in [1.29, 1.82) is 0 Å². The van der Waals surface area contributed by atoms with E-state index < -0.39 is 6.67 Å². The molecule has 0 unspecified atom stereocenters. The lowest BCUT2D eigenvalue weighted by atomic mass is 10.1. The van der Waals surface area contributed by atoms with Crippen LogP contribution < -0.4 is 15.2 Å². The molecule has 2 aromatic rings. The van der Waals surface area contributed by atoms with Gasteiger partial charge in [0.1, 0.15) is 12.4 Å². The lowest BCUT2D eigenvalue weighted by Crippen LogP contribution is -2.44. The van der Waals surface area contributed by atoms with Crippen LogP contribution >= 0.6 is 0 Å². The number of nitrogens with one attached hydrogen (secondary N) is 1. The maximum atomic E-state index is 12.9. The van der Waals surface area contributed by atoms with Gasteiger partial charge in [-0.25, -0.2) is 4.39 Å². The van der Waals surface area contributed by atoms with Crippen LogP contribution in [0.25, 0.3) is 5.70 Å². The van der Waals surface area contributed by atoms with E-state index in [0.717, 1.165) is 23.3 Å². The number of methoxy groups -OCH3 is 1. The van der Waals surface area contributed by atoms with Gasteiger partial charge in [-0.3, -0.25) is 15.2 Å². The summed E-state index contributed by atoms with van der Waals surface area (Å²) in [5.41, 5.74) is 6.15. The number of hydrogen-bond acceptors (Lipinski definition) is 5. The molecule has 24 heavy (non-hydrogen) atoms. The second-order valence-electron chi connectivity index (χ2n) is 5.22. The lowest BCUT2D eigenvalue weighted by molar-refractivity contribution is 0.112. The number of rotatable bonds is 6. The Hall–Kier alpha value is -2.86. The Morgan fingerprint density at radius 1 is 1.17 bits per heavy atom. The van der Waals surface area contributed by atoms with Gasteiger partial charge in [-0.2, -0.15) is 0 Å². The highest BCUT2D eigenvalue weighted by molar-refractivity contribution is 5.86. The summed E-state index contributed by atoms with van der Waals surface area (Å²) in [5, 5.41) is 3.39. The topological polar surface area (TPSA) is 44.8 Å². The molecule has 1 aliphatic rings. The van der Waals surface area contributed by atoms with Crippen LogP contribution in [0.2, 0.25) is 0 Å². The highest BCUT2D eigenvalue weighted by atomic mass is 19.1. The van der Waals surface area contributed by atoms with E-state index in [0.29, 0.717) is 11.3 Å². The number of ether oxygens (including phenoxy) is 1. The van der Waals surface area contributed by atoms with E-state index in [1.54, 1.807) is 29.4 Å². The Labute approximate surface area is 139 Å². The van der Waals surface area contributed by atoms with Crippen molar-refractivity contribution in [3.05, 3.63) is 65.9 Å². The largest absolute Gasteiger partial charge is 0.497 e. The summed E-state index contributed by atoms with van der Waals surface area (Å²) in [6, 6.07) is 14.7. The standard InChI is InChI=1S/C18H18FN3O2/c1-24-16-8-6-14(7-9-16)17-12-21(22(20-17)11-10-19)18-5-3-2-4-15(18)13-23/h2-9,12-13,20H,10-11H2,1H3. The molecule has 0 radical (unpaired) electrons. The van der Waals surface area contributed by atoms with Gasteiger partial charge in [0.15, 0.2) is 6.29 Å². The number of carbonyl (C=O) groups excluding carboxylic acids is 1. The zero-order valence-corrected chi connectivity index (χ0v) is 13.3. The Morgan fingerprint density at radius 3 is 2.58 bits per heavy atom. The molecular weight excluding hydrogens is 309 g/mol. The Balaban J connectivity index is 1.95. The Morgan fingerprint density at radius 2 is 1.92 bits per heavy atom. The van der Waals surface area contributed by atoms with Crippen molar-refractivity contribution in [3.63, 3.8) is 0 Å². The molecule has 0 saturated heterocycles. The average molecular weight is 327 g/mol. The van der Waals surface area contributed by atoms with Crippen molar-refractivity contribution in [2.75, 3.05) is 25.3 Å². The van der Waals surface area contributed by atoms with Gasteiger partial charge < -0.3 is 4.74 Å². The fraction of sp³-hybridized carbons (Fsp3) is 0.167. The molecule has 3 rings (SSSR count). The van der Waals surface area contributed by atoms with Crippen molar-refractivity contribution < 1.29 is 13.9 Å². The number of para-hydroxylation sites is 1. The van der Waals surface area contributed by atoms with Crippen molar-refractivity contribution in [1.82, 2.24) is 10.5 Å². The van der Waals surface area contributed by atoms with E-state index in [2.05, 4.69) is 5.43 Å². The Bertz CT molecular complexity index is 746. The van der Waals surface area contributed by atoms with Crippen molar-refractivity contribution >= 4 is 17.7 Å². The van der Waals surface area contributed by atoms with E-state index in [1.807, 2.05) is 42.6 Å². The van der Waals surface area contributed by atoms with Gasteiger partial charge in [0, 0.05) is 17.3 Å². The van der Waals surface area contributed by atoms with E-state index in [-0.39, 0.29) is 6.54 Å². The first kappa shape index (κ1) is 16.0. The molecule has 0 bridgehead atoms. The van der Waals surface area contributed by atoms with Crippen molar-refractivity contribution in [3.8, 4) is 5.75 Å². The van der Waals surface area contributed by atoms with Crippen LogP contribution in [0.15, 0.2) is 54.7 Å². The quantitative estimate of drug-likeness (QED) is 0.826. The maximum Gasteiger partial charge on any atom is 0.152 e. The van der Waals surface area contributed by atoms with Crippen molar-refractivity contribution in [2.24, 2.45) is 0 Å². The van der Waals surface area contributed by atoms with Gasteiger partial charge in [0.25, 0.3) is 0 Å². The second-order valence-corrected chi connectivity index (χ2v) is 5.22. The van der Waals surface area contributed by atoms with E-state index in [4.69, 9.17) is 4.74 Å². The number of carbonyl (C=O) groups is 1. The fourth-order valence-corrected chi connectivity index (χ4v) is 2.56. The Kier molecular flexibility index (Phi) is 4.77. The zero-order chi connectivity index (χ0) is 16.9. The van der Waals surface area contributed by atoms with Gasteiger partial charge in [0.2, 0.25) is 0 Å². The molecule has 124 valence electrons. The highest BCUT2D eigenvalue weighted by Gasteiger charge is 2.25. The molecule has 1 N–H and O–H groups in total.